The quantitative estimate of drug-likeness (QED) is 0.795. The SMILES string of the molecule is CCOC(=O)[C@H]1CCCN([C@H](C)C(=O)Nc2ccc(Br)cc2)C1. The monoisotopic (exact) mass is 382 g/mol. The highest BCUT2D eigenvalue weighted by atomic mass is 79.9. The molecule has 0 saturated carbocycles. The maximum absolute atomic E-state index is 12.4. The van der Waals surface area contributed by atoms with E-state index >= 15 is 0 Å². The predicted molar refractivity (Wildman–Crippen MR) is 93.2 cm³/mol. The summed E-state index contributed by atoms with van der Waals surface area (Å²) in [7, 11) is 0. The Kier molecular flexibility index (Phi) is 6.59. The third-order valence-corrected chi connectivity index (χ3v) is 4.64. The number of carbonyl (C=O) groups is 2. The Hall–Kier alpha value is -1.40. The fraction of sp³-hybridized carbons (Fsp3) is 0.529. The van der Waals surface area contributed by atoms with E-state index in [1.54, 1.807) is 0 Å². The minimum absolute atomic E-state index is 0.0585. The van der Waals surface area contributed by atoms with Crippen LogP contribution < -0.4 is 5.32 Å². The van der Waals surface area contributed by atoms with Gasteiger partial charge in [-0.25, -0.2) is 0 Å². The molecule has 6 heteroatoms. The van der Waals surface area contributed by atoms with Crippen molar-refractivity contribution in [3.05, 3.63) is 28.7 Å². The van der Waals surface area contributed by atoms with Crippen LogP contribution in [0.15, 0.2) is 28.7 Å². The Morgan fingerprint density at radius 3 is 2.74 bits per heavy atom. The number of esters is 1. The zero-order valence-electron chi connectivity index (χ0n) is 13.5. The first kappa shape index (κ1) is 17.9. The summed E-state index contributed by atoms with van der Waals surface area (Å²) < 4.78 is 6.08. The van der Waals surface area contributed by atoms with Crippen LogP contribution in [-0.2, 0) is 14.3 Å². The van der Waals surface area contributed by atoms with Gasteiger partial charge in [0.25, 0.3) is 0 Å². The second kappa shape index (κ2) is 8.45. The van der Waals surface area contributed by atoms with Crippen molar-refractivity contribution in [1.29, 1.82) is 0 Å². The van der Waals surface area contributed by atoms with Crippen molar-refractivity contribution in [2.45, 2.75) is 32.7 Å². The molecule has 0 bridgehead atoms. The number of halogens is 1. The van der Waals surface area contributed by atoms with Crippen LogP contribution in [0, 0.1) is 5.92 Å². The summed E-state index contributed by atoms with van der Waals surface area (Å²) in [5.41, 5.74) is 0.768. The molecule has 5 nitrogen and oxygen atoms in total. The highest BCUT2D eigenvalue weighted by Crippen LogP contribution is 2.21. The van der Waals surface area contributed by atoms with Gasteiger partial charge >= 0.3 is 5.97 Å². The Labute approximate surface area is 145 Å². The minimum Gasteiger partial charge on any atom is -0.466 e. The van der Waals surface area contributed by atoms with Crippen LogP contribution in [0.4, 0.5) is 5.69 Å². The molecule has 23 heavy (non-hydrogen) atoms. The van der Waals surface area contributed by atoms with Crippen LogP contribution in [0.1, 0.15) is 26.7 Å². The number of nitrogens with one attached hydrogen (secondary N) is 1. The minimum atomic E-state index is -0.282. The summed E-state index contributed by atoms with van der Waals surface area (Å²) in [5, 5.41) is 2.92. The molecule has 1 N–H and O–H groups in total. The second-order valence-corrected chi connectivity index (χ2v) is 6.67. The lowest BCUT2D eigenvalue weighted by molar-refractivity contribution is -0.150. The molecule has 1 fully saturated rings. The van der Waals surface area contributed by atoms with Crippen molar-refractivity contribution in [3.8, 4) is 0 Å². The van der Waals surface area contributed by atoms with Crippen LogP contribution in [0.3, 0.4) is 0 Å². The number of rotatable bonds is 5. The number of carbonyl (C=O) groups excluding carboxylic acids is 2. The highest BCUT2D eigenvalue weighted by molar-refractivity contribution is 9.10. The van der Waals surface area contributed by atoms with Crippen LogP contribution in [0.5, 0.6) is 0 Å². The van der Waals surface area contributed by atoms with Crippen molar-refractivity contribution in [1.82, 2.24) is 4.90 Å². The zero-order chi connectivity index (χ0) is 16.8. The molecule has 1 heterocycles. The van der Waals surface area contributed by atoms with Crippen LogP contribution >= 0.6 is 15.9 Å². The maximum atomic E-state index is 12.4. The largest absolute Gasteiger partial charge is 0.466 e. The van der Waals surface area contributed by atoms with Gasteiger partial charge in [0, 0.05) is 16.7 Å². The summed E-state index contributed by atoms with van der Waals surface area (Å²) in [6, 6.07) is 7.20. The van der Waals surface area contributed by atoms with Gasteiger partial charge in [0.15, 0.2) is 0 Å². The topological polar surface area (TPSA) is 58.6 Å². The average molecular weight is 383 g/mol. The van der Waals surface area contributed by atoms with Gasteiger partial charge in [-0.2, -0.15) is 0 Å². The van der Waals surface area contributed by atoms with E-state index in [1.165, 1.54) is 0 Å². The molecule has 1 aliphatic rings. The molecule has 0 spiro atoms. The number of amides is 1. The lowest BCUT2D eigenvalue weighted by Gasteiger charge is -2.35. The molecule has 1 aromatic carbocycles. The van der Waals surface area contributed by atoms with Crippen molar-refractivity contribution in [2.24, 2.45) is 5.92 Å². The molecule has 126 valence electrons. The summed E-state index contributed by atoms with van der Waals surface area (Å²) >= 11 is 3.37. The van der Waals surface area contributed by atoms with E-state index in [0.29, 0.717) is 13.2 Å². The summed E-state index contributed by atoms with van der Waals surface area (Å²) in [4.78, 5) is 26.4. The van der Waals surface area contributed by atoms with Gasteiger partial charge in [0.1, 0.15) is 0 Å². The van der Waals surface area contributed by atoms with Crippen molar-refractivity contribution in [2.75, 3.05) is 25.0 Å². The van der Waals surface area contributed by atoms with Crippen molar-refractivity contribution >= 4 is 33.5 Å². The molecule has 1 saturated heterocycles. The molecule has 0 radical (unpaired) electrons. The summed E-state index contributed by atoms with van der Waals surface area (Å²) in [6.07, 6.45) is 1.73. The van der Waals surface area contributed by atoms with Gasteiger partial charge in [-0.05, 0) is 57.5 Å². The predicted octanol–water partition coefficient (Wildman–Crippen LogP) is 3.05. The molecule has 1 amide bonds. The van der Waals surface area contributed by atoms with Crippen LogP contribution in [0.25, 0.3) is 0 Å². The standard InChI is InChI=1S/C17H23BrN2O3/c1-3-23-17(22)13-5-4-10-20(11-13)12(2)16(21)19-15-8-6-14(18)7-9-15/h6-9,12-13H,3-5,10-11H2,1-2H3,(H,19,21)/t12-,13+/m1/s1. The first-order valence-electron chi connectivity index (χ1n) is 7.98. The zero-order valence-corrected chi connectivity index (χ0v) is 15.1. The molecule has 0 aliphatic carbocycles. The molecule has 2 atom stereocenters. The fourth-order valence-corrected chi connectivity index (χ4v) is 3.02. The van der Waals surface area contributed by atoms with E-state index in [-0.39, 0.29) is 23.8 Å². The normalized spacial score (nSPS) is 19.9. The maximum Gasteiger partial charge on any atom is 0.310 e. The average Bonchev–Trinajstić information content (AvgIpc) is 2.56. The molecule has 2 rings (SSSR count). The molecular formula is C17H23BrN2O3. The molecule has 0 unspecified atom stereocenters. The van der Waals surface area contributed by atoms with Crippen molar-refractivity contribution < 1.29 is 14.3 Å². The van der Waals surface area contributed by atoms with E-state index in [2.05, 4.69) is 26.1 Å². The van der Waals surface area contributed by atoms with Gasteiger partial charge in [0.05, 0.1) is 18.6 Å². The summed E-state index contributed by atoms with van der Waals surface area (Å²) in [5.74, 6) is -0.346. The number of anilines is 1. The lowest BCUT2D eigenvalue weighted by atomic mass is 9.97. The number of likely N-dealkylation sites (tertiary alicyclic amines) is 1. The van der Waals surface area contributed by atoms with E-state index < -0.39 is 0 Å². The fourth-order valence-electron chi connectivity index (χ4n) is 2.76. The molecule has 1 aromatic rings. The molecule has 0 aromatic heterocycles. The number of ether oxygens (including phenoxy) is 1. The Balaban J connectivity index is 1.93. The van der Waals surface area contributed by atoms with E-state index in [0.717, 1.165) is 29.5 Å². The number of hydrogen-bond acceptors (Lipinski definition) is 4. The van der Waals surface area contributed by atoms with Crippen LogP contribution in [-0.4, -0.2) is 42.5 Å². The van der Waals surface area contributed by atoms with Crippen molar-refractivity contribution in [3.63, 3.8) is 0 Å². The number of benzene rings is 1. The number of hydrogen-bond donors (Lipinski definition) is 1. The number of nitrogens with zero attached hydrogens (tertiary/aromatic N) is 1. The first-order chi connectivity index (χ1) is 11.0. The highest BCUT2D eigenvalue weighted by Gasteiger charge is 2.31. The van der Waals surface area contributed by atoms with E-state index in [1.807, 2.05) is 38.1 Å². The third-order valence-electron chi connectivity index (χ3n) is 4.11. The van der Waals surface area contributed by atoms with Gasteiger partial charge < -0.3 is 10.1 Å². The first-order valence-corrected chi connectivity index (χ1v) is 8.77. The lowest BCUT2D eigenvalue weighted by Crippen LogP contribution is -2.48. The Morgan fingerprint density at radius 1 is 1.39 bits per heavy atom. The molecular weight excluding hydrogens is 360 g/mol. The van der Waals surface area contributed by atoms with Crippen LogP contribution in [0.2, 0.25) is 0 Å². The van der Waals surface area contributed by atoms with E-state index in [4.69, 9.17) is 4.74 Å². The van der Waals surface area contributed by atoms with E-state index in [9.17, 15) is 9.59 Å². The second-order valence-electron chi connectivity index (χ2n) is 5.76. The Bertz CT molecular complexity index is 547. The Morgan fingerprint density at radius 2 is 2.09 bits per heavy atom. The van der Waals surface area contributed by atoms with Gasteiger partial charge in [-0.1, -0.05) is 15.9 Å². The summed E-state index contributed by atoms with van der Waals surface area (Å²) in [6.45, 7) is 5.49. The molecule has 1 aliphatic heterocycles. The van der Waals surface area contributed by atoms with Gasteiger partial charge in [-0.15, -0.1) is 0 Å². The van der Waals surface area contributed by atoms with Gasteiger partial charge in [0.2, 0.25) is 5.91 Å². The van der Waals surface area contributed by atoms with Gasteiger partial charge in [-0.3, -0.25) is 14.5 Å². The third kappa shape index (κ3) is 5.04. The number of piperidine rings is 1. The smallest absolute Gasteiger partial charge is 0.310 e.